The van der Waals surface area contributed by atoms with Crippen LogP contribution in [0.5, 0.6) is 0 Å². The lowest BCUT2D eigenvalue weighted by Gasteiger charge is -2.08. The van der Waals surface area contributed by atoms with Gasteiger partial charge in [0, 0.05) is 19.7 Å². The molecule has 0 bridgehead atoms. The molecule has 0 unspecified atom stereocenters. The maximum Gasteiger partial charge on any atom is 0.272 e. The Labute approximate surface area is 108 Å². The van der Waals surface area contributed by atoms with E-state index in [9.17, 15) is 19.3 Å². The second-order valence-corrected chi connectivity index (χ2v) is 3.62. The molecule has 0 aliphatic carbocycles. The predicted molar refractivity (Wildman–Crippen MR) is 66.4 cm³/mol. The van der Waals surface area contributed by atoms with E-state index in [4.69, 9.17) is 4.74 Å². The number of carbonyl (C=O) groups is 1. The van der Waals surface area contributed by atoms with Crippen molar-refractivity contribution in [3.63, 3.8) is 0 Å². The van der Waals surface area contributed by atoms with E-state index in [1.165, 1.54) is 13.2 Å². The third-order valence-corrected chi connectivity index (χ3v) is 2.23. The van der Waals surface area contributed by atoms with E-state index in [-0.39, 0.29) is 23.8 Å². The second-order valence-electron chi connectivity index (χ2n) is 3.62. The average molecular weight is 271 g/mol. The summed E-state index contributed by atoms with van der Waals surface area (Å²) < 4.78 is 18.2. The highest BCUT2D eigenvalue weighted by atomic mass is 19.1. The monoisotopic (exact) mass is 271 g/mol. The zero-order chi connectivity index (χ0) is 14.3. The van der Waals surface area contributed by atoms with Crippen molar-refractivity contribution < 1.29 is 18.8 Å². The largest absolute Gasteiger partial charge is 0.383 e. The van der Waals surface area contributed by atoms with E-state index in [2.05, 4.69) is 10.6 Å². The first-order valence-corrected chi connectivity index (χ1v) is 5.48. The van der Waals surface area contributed by atoms with E-state index < -0.39 is 10.7 Å². The Bertz CT molecular complexity index is 467. The first-order valence-electron chi connectivity index (χ1n) is 5.48. The molecule has 1 aromatic rings. The number of nitrogens with one attached hydrogen (secondary N) is 2. The van der Waals surface area contributed by atoms with Crippen molar-refractivity contribution in [3.8, 4) is 0 Å². The molecule has 0 aliphatic heterocycles. The number of carbonyl (C=O) groups excluding carboxylic acids is 1. The third kappa shape index (κ3) is 4.88. The quantitative estimate of drug-likeness (QED) is 0.437. The molecule has 1 aromatic carbocycles. The molecule has 0 fully saturated rings. The van der Waals surface area contributed by atoms with E-state index in [1.807, 2.05) is 0 Å². The summed E-state index contributed by atoms with van der Waals surface area (Å²) in [6, 6.07) is 3.18. The number of hydrogen-bond donors (Lipinski definition) is 2. The van der Waals surface area contributed by atoms with Crippen LogP contribution in [-0.4, -0.2) is 37.6 Å². The van der Waals surface area contributed by atoms with Crippen molar-refractivity contribution in [1.29, 1.82) is 0 Å². The second kappa shape index (κ2) is 7.27. The lowest BCUT2D eigenvalue weighted by Crippen LogP contribution is -2.32. The van der Waals surface area contributed by atoms with E-state index >= 15 is 0 Å². The Balaban J connectivity index is 2.49. The molecule has 0 heterocycles. The summed E-state index contributed by atoms with van der Waals surface area (Å²) in [6.07, 6.45) is 0. The SMILES string of the molecule is COCCNC(=O)CNc1ccc([N+](=O)[O-])cc1F. The van der Waals surface area contributed by atoms with Gasteiger partial charge in [0.2, 0.25) is 5.91 Å². The minimum Gasteiger partial charge on any atom is -0.383 e. The van der Waals surface area contributed by atoms with Gasteiger partial charge in [0.25, 0.3) is 5.69 Å². The lowest BCUT2D eigenvalue weighted by molar-refractivity contribution is -0.385. The number of methoxy groups -OCH3 is 1. The van der Waals surface area contributed by atoms with Gasteiger partial charge in [-0.3, -0.25) is 14.9 Å². The van der Waals surface area contributed by atoms with Gasteiger partial charge in [-0.05, 0) is 6.07 Å². The van der Waals surface area contributed by atoms with Gasteiger partial charge in [0.1, 0.15) is 0 Å². The first kappa shape index (κ1) is 14.8. The van der Waals surface area contributed by atoms with Crippen molar-refractivity contribution >= 4 is 17.3 Å². The normalized spacial score (nSPS) is 10.0. The summed E-state index contributed by atoms with van der Waals surface area (Å²) in [6.45, 7) is 0.621. The van der Waals surface area contributed by atoms with Crippen molar-refractivity contribution in [1.82, 2.24) is 5.32 Å². The number of anilines is 1. The minimum absolute atomic E-state index is 0.0347. The van der Waals surface area contributed by atoms with Crippen molar-refractivity contribution in [2.24, 2.45) is 0 Å². The Morgan fingerprint density at radius 2 is 2.26 bits per heavy atom. The van der Waals surface area contributed by atoms with Crippen molar-refractivity contribution in [2.45, 2.75) is 0 Å². The molecule has 0 aliphatic rings. The number of non-ortho nitro benzene ring substituents is 1. The van der Waals surface area contributed by atoms with Gasteiger partial charge in [-0.25, -0.2) is 4.39 Å². The minimum atomic E-state index is -0.779. The molecular formula is C11H14FN3O4. The van der Waals surface area contributed by atoms with Gasteiger partial charge in [-0.1, -0.05) is 0 Å². The Morgan fingerprint density at radius 3 is 2.84 bits per heavy atom. The predicted octanol–water partition coefficient (Wildman–Crippen LogP) is 0.908. The fourth-order valence-corrected chi connectivity index (χ4v) is 1.29. The maximum absolute atomic E-state index is 13.4. The van der Waals surface area contributed by atoms with Crippen LogP contribution in [0.1, 0.15) is 0 Å². The zero-order valence-electron chi connectivity index (χ0n) is 10.3. The fraction of sp³-hybridized carbons (Fsp3) is 0.364. The van der Waals surface area contributed by atoms with Crippen molar-refractivity contribution in [2.75, 3.05) is 32.1 Å². The number of hydrogen-bond acceptors (Lipinski definition) is 5. The van der Waals surface area contributed by atoms with Gasteiger partial charge in [0.05, 0.1) is 29.8 Å². The van der Waals surface area contributed by atoms with Gasteiger partial charge < -0.3 is 15.4 Å². The zero-order valence-corrected chi connectivity index (χ0v) is 10.3. The van der Waals surface area contributed by atoms with Crippen LogP contribution in [0.15, 0.2) is 18.2 Å². The highest BCUT2D eigenvalue weighted by Crippen LogP contribution is 2.19. The van der Waals surface area contributed by atoms with Crippen LogP contribution < -0.4 is 10.6 Å². The van der Waals surface area contributed by atoms with E-state index in [1.54, 1.807) is 0 Å². The molecule has 8 heteroatoms. The number of nitrogens with zero attached hydrogens (tertiary/aromatic N) is 1. The number of nitro groups is 1. The molecular weight excluding hydrogens is 257 g/mol. The molecule has 0 saturated carbocycles. The van der Waals surface area contributed by atoms with Crippen molar-refractivity contribution in [3.05, 3.63) is 34.1 Å². The topological polar surface area (TPSA) is 93.5 Å². The Hall–Kier alpha value is -2.22. The Morgan fingerprint density at radius 1 is 1.53 bits per heavy atom. The molecule has 1 amide bonds. The highest BCUT2D eigenvalue weighted by molar-refractivity contribution is 5.80. The van der Waals surface area contributed by atoms with Crippen LogP contribution in [0.4, 0.5) is 15.8 Å². The molecule has 7 nitrogen and oxygen atoms in total. The summed E-state index contributed by atoms with van der Waals surface area (Å²) in [4.78, 5) is 21.0. The standard InChI is InChI=1S/C11H14FN3O4/c1-19-5-4-13-11(16)7-14-10-3-2-8(15(17)18)6-9(10)12/h2-3,6,14H,4-5,7H2,1H3,(H,13,16). The van der Waals surface area contributed by atoms with Crippen LogP contribution in [-0.2, 0) is 9.53 Å². The third-order valence-electron chi connectivity index (χ3n) is 2.23. The number of halogens is 1. The first-order chi connectivity index (χ1) is 9.04. The van der Waals surface area contributed by atoms with Gasteiger partial charge in [-0.15, -0.1) is 0 Å². The summed E-state index contributed by atoms with van der Waals surface area (Å²) in [7, 11) is 1.51. The summed E-state index contributed by atoms with van der Waals surface area (Å²) >= 11 is 0. The van der Waals surface area contributed by atoms with E-state index in [0.717, 1.165) is 12.1 Å². The van der Waals surface area contributed by atoms with Gasteiger partial charge in [-0.2, -0.15) is 0 Å². The summed E-state index contributed by atoms with van der Waals surface area (Å²) in [5, 5.41) is 15.5. The molecule has 0 spiro atoms. The highest BCUT2D eigenvalue weighted by Gasteiger charge is 2.11. The van der Waals surface area contributed by atoms with Gasteiger partial charge >= 0.3 is 0 Å². The number of nitro benzene ring substituents is 1. The maximum atomic E-state index is 13.4. The lowest BCUT2D eigenvalue weighted by atomic mass is 10.2. The molecule has 1 rings (SSSR count). The van der Waals surface area contributed by atoms with Crippen LogP contribution >= 0.6 is 0 Å². The number of rotatable bonds is 7. The fourth-order valence-electron chi connectivity index (χ4n) is 1.29. The van der Waals surface area contributed by atoms with Crippen LogP contribution in [0.2, 0.25) is 0 Å². The number of amides is 1. The van der Waals surface area contributed by atoms with Crippen LogP contribution in [0, 0.1) is 15.9 Å². The van der Waals surface area contributed by atoms with Crippen LogP contribution in [0.3, 0.4) is 0 Å². The molecule has 0 aromatic heterocycles. The van der Waals surface area contributed by atoms with Crippen LogP contribution in [0.25, 0.3) is 0 Å². The number of ether oxygens (including phenoxy) is 1. The molecule has 2 N–H and O–H groups in total. The van der Waals surface area contributed by atoms with E-state index in [0.29, 0.717) is 13.2 Å². The molecule has 0 radical (unpaired) electrons. The molecule has 0 saturated heterocycles. The molecule has 104 valence electrons. The van der Waals surface area contributed by atoms with Gasteiger partial charge in [0.15, 0.2) is 5.82 Å². The average Bonchev–Trinajstić information content (AvgIpc) is 2.37. The molecule has 19 heavy (non-hydrogen) atoms. The summed E-state index contributed by atoms with van der Waals surface area (Å²) in [5.41, 5.74) is -0.305. The Kier molecular flexibility index (Phi) is 5.68. The smallest absolute Gasteiger partial charge is 0.272 e. The number of benzene rings is 1. The summed E-state index contributed by atoms with van der Waals surface area (Å²) in [5.74, 6) is -1.10. The molecule has 0 atom stereocenters.